The second-order valence-electron chi connectivity index (χ2n) is 7.80. The van der Waals surface area contributed by atoms with Crippen molar-refractivity contribution in [1.82, 2.24) is 15.5 Å². The molecular weight excluding hydrogens is 350 g/mol. The second-order valence-corrected chi connectivity index (χ2v) is 7.80. The van der Waals surface area contributed by atoms with E-state index in [1.165, 1.54) is 6.07 Å². The number of piperazine rings is 1. The molecular formula is C20H30F2N4O. The Morgan fingerprint density at radius 3 is 2.59 bits per heavy atom. The zero-order chi connectivity index (χ0) is 18.6. The Labute approximate surface area is 160 Å². The Morgan fingerprint density at radius 1 is 1.04 bits per heavy atom. The molecule has 3 atom stereocenters. The third-order valence-corrected chi connectivity index (χ3v) is 5.94. The van der Waals surface area contributed by atoms with Gasteiger partial charge in [-0.1, -0.05) is 0 Å². The van der Waals surface area contributed by atoms with Crippen LogP contribution in [0.4, 0.5) is 14.5 Å². The number of halogens is 2. The van der Waals surface area contributed by atoms with Crippen molar-refractivity contribution >= 4 is 5.69 Å². The van der Waals surface area contributed by atoms with Crippen LogP contribution in [0.15, 0.2) is 18.2 Å². The number of nitrogens with one attached hydrogen (secondary N) is 2. The molecule has 3 fully saturated rings. The summed E-state index contributed by atoms with van der Waals surface area (Å²) in [5.41, 5.74) is 0.477. The summed E-state index contributed by atoms with van der Waals surface area (Å²) >= 11 is 0. The summed E-state index contributed by atoms with van der Waals surface area (Å²) in [7, 11) is 0. The lowest BCUT2D eigenvalue weighted by Crippen LogP contribution is -2.57. The first-order chi connectivity index (χ1) is 13.2. The molecule has 4 rings (SSSR count). The van der Waals surface area contributed by atoms with Gasteiger partial charge >= 0.3 is 0 Å². The normalized spacial score (nSPS) is 30.3. The van der Waals surface area contributed by atoms with Crippen LogP contribution in [0, 0.1) is 5.82 Å². The lowest BCUT2D eigenvalue weighted by molar-refractivity contribution is 0.0821. The maximum atomic E-state index is 14.8. The molecule has 3 aliphatic heterocycles. The van der Waals surface area contributed by atoms with Gasteiger partial charge in [-0.15, -0.1) is 0 Å². The van der Waals surface area contributed by atoms with Gasteiger partial charge in [0.25, 0.3) is 0 Å². The third kappa shape index (κ3) is 4.52. The fraction of sp³-hybridized carbons (Fsp3) is 0.700. The zero-order valence-corrected chi connectivity index (χ0v) is 15.8. The van der Waals surface area contributed by atoms with Gasteiger partial charge in [0.1, 0.15) is 23.8 Å². The van der Waals surface area contributed by atoms with Crippen LogP contribution in [0.3, 0.4) is 0 Å². The molecule has 3 saturated heterocycles. The van der Waals surface area contributed by atoms with Crippen LogP contribution in [0.1, 0.15) is 19.3 Å². The van der Waals surface area contributed by atoms with E-state index in [0.29, 0.717) is 18.0 Å². The molecule has 1 aromatic carbocycles. The Balaban J connectivity index is 1.37. The highest BCUT2D eigenvalue weighted by Gasteiger charge is 2.34. The summed E-state index contributed by atoms with van der Waals surface area (Å²) in [4.78, 5) is 4.08. The van der Waals surface area contributed by atoms with Crippen molar-refractivity contribution in [2.75, 3.05) is 57.3 Å². The van der Waals surface area contributed by atoms with Gasteiger partial charge in [0.05, 0.1) is 12.2 Å². The van der Waals surface area contributed by atoms with Crippen LogP contribution in [0.5, 0.6) is 5.75 Å². The van der Waals surface area contributed by atoms with E-state index in [-0.39, 0.29) is 24.5 Å². The van der Waals surface area contributed by atoms with Crippen LogP contribution in [-0.4, -0.2) is 75.6 Å². The second kappa shape index (κ2) is 8.71. The van der Waals surface area contributed by atoms with E-state index >= 15 is 0 Å². The van der Waals surface area contributed by atoms with Crippen LogP contribution in [0.2, 0.25) is 0 Å². The number of rotatable bonds is 4. The monoisotopic (exact) mass is 380 g/mol. The lowest BCUT2D eigenvalue weighted by Gasteiger charge is -2.43. The number of alkyl halides is 1. The quantitative estimate of drug-likeness (QED) is 0.833. The molecule has 3 aliphatic rings. The molecule has 7 heteroatoms. The average molecular weight is 380 g/mol. The summed E-state index contributed by atoms with van der Waals surface area (Å²) in [6.45, 7) is 6.35. The van der Waals surface area contributed by atoms with Crippen LogP contribution in [0.25, 0.3) is 0 Å². The standard InChI is InChI=1S/C20H30F2N4O/c21-17-12-15(27-16-2-1-6-24-13-16)3-4-19(17)26-9-5-20(18(22)14-26)25-10-7-23-8-11-25/h3-4,12,16,18,20,23-24H,1-2,5-11,13-14H2/t16?,18-,20+/m0/s1. The number of nitrogens with zero attached hydrogens (tertiary/aromatic N) is 2. The van der Waals surface area contributed by atoms with Gasteiger partial charge in [-0.05, 0) is 37.9 Å². The first kappa shape index (κ1) is 18.9. The summed E-state index contributed by atoms with van der Waals surface area (Å²) in [5, 5.41) is 6.60. The number of hydrogen-bond acceptors (Lipinski definition) is 5. The topological polar surface area (TPSA) is 39.8 Å². The van der Waals surface area contributed by atoms with Gasteiger partial charge in [-0.2, -0.15) is 0 Å². The molecule has 2 N–H and O–H groups in total. The van der Waals surface area contributed by atoms with E-state index in [0.717, 1.165) is 58.5 Å². The summed E-state index contributed by atoms with van der Waals surface area (Å²) < 4.78 is 35.4. The number of anilines is 1. The van der Waals surface area contributed by atoms with E-state index in [2.05, 4.69) is 15.5 Å². The van der Waals surface area contributed by atoms with Crippen molar-refractivity contribution < 1.29 is 13.5 Å². The predicted molar refractivity (Wildman–Crippen MR) is 103 cm³/mol. The van der Waals surface area contributed by atoms with Crippen molar-refractivity contribution in [3.8, 4) is 5.75 Å². The molecule has 0 bridgehead atoms. The molecule has 3 heterocycles. The van der Waals surface area contributed by atoms with Gasteiger partial charge in [-0.3, -0.25) is 4.90 Å². The minimum atomic E-state index is -0.958. The first-order valence-electron chi connectivity index (χ1n) is 10.2. The molecule has 150 valence electrons. The largest absolute Gasteiger partial charge is 0.489 e. The number of hydrogen-bond donors (Lipinski definition) is 2. The molecule has 1 unspecified atom stereocenters. The van der Waals surface area contributed by atoms with Crippen molar-refractivity contribution in [2.24, 2.45) is 0 Å². The van der Waals surface area contributed by atoms with Gasteiger partial charge in [0.2, 0.25) is 0 Å². The SMILES string of the molecule is Fc1cc(OC2CCCNC2)ccc1N1CC[C@@H](N2CCNCC2)[C@@H](F)C1. The number of benzene rings is 1. The molecule has 0 aliphatic carbocycles. The predicted octanol–water partition coefficient (Wildman–Crippen LogP) is 1.78. The van der Waals surface area contributed by atoms with Crippen molar-refractivity contribution in [2.45, 2.75) is 37.6 Å². The Kier molecular flexibility index (Phi) is 6.10. The van der Waals surface area contributed by atoms with Gasteiger partial charge in [0.15, 0.2) is 0 Å². The minimum Gasteiger partial charge on any atom is -0.489 e. The van der Waals surface area contributed by atoms with Crippen LogP contribution < -0.4 is 20.3 Å². The van der Waals surface area contributed by atoms with E-state index < -0.39 is 6.17 Å². The van der Waals surface area contributed by atoms with Crippen molar-refractivity contribution in [1.29, 1.82) is 0 Å². The first-order valence-corrected chi connectivity index (χ1v) is 10.2. The highest BCUT2D eigenvalue weighted by Crippen LogP contribution is 2.29. The highest BCUT2D eigenvalue weighted by atomic mass is 19.1. The molecule has 5 nitrogen and oxygen atoms in total. The molecule has 27 heavy (non-hydrogen) atoms. The Morgan fingerprint density at radius 2 is 1.89 bits per heavy atom. The summed E-state index contributed by atoms with van der Waals surface area (Å²) in [6, 6.07) is 4.94. The van der Waals surface area contributed by atoms with Crippen molar-refractivity contribution in [3.05, 3.63) is 24.0 Å². The van der Waals surface area contributed by atoms with Gasteiger partial charge in [-0.25, -0.2) is 8.78 Å². The van der Waals surface area contributed by atoms with Crippen LogP contribution >= 0.6 is 0 Å². The van der Waals surface area contributed by atoms with Gasteiger partial charge < -0.3 is 20.3 Å². The Bertz CT molecular complexity index is 620. The van der Waals surface area contributed by atoms with E-state index in [4.69, 9.17) is 4.74 Å². The zero-order valence-electron chi connectivity index (χ0n) is 15.8. The maximum Gasteiger partial charge on any atom is 0.150 e. The summed E-state index contributed by atoms with van der Waals surface area (Å²) in [5.74, 6) is 0.224. The molecule has 0 spiro atoms. The smallest absolute Gasteiger partial charge is 0.150 e. The molecule has 0 radical (unpaired) electrons. The van der Waals surface area contributed by atoms with E-state index in [9.17, 15) is 8.78 Å². The number of ether oxygens (including phenoxy) is 1. The van der Waals surface area contributed by atoms with E-state index in [1.54, 1.807) is 6.07 Å². The van der Waals surface area contributed by atoms with Crippen molar-refractivity contribution in [3.63, 3.8) is 0 Å². The molecule has 1 aromatic rings. The molecule has 0 amide bonds. The fourth-order valence-electron chi connectivity index (χ4n) is 4.47. The van der Waals surface area contributed by atoms with Gasteiger partial charge in [0, 0.05) is 51.4 Å². The summed E-state index contributed by atoms with van der Waals surface area (Å²) in [6.07, 6.45) is 1.92. The average Bonchev–Trinajstić information content (AvgIpc) is 2.69. The molecule has 0 saturated carbocycles. The highest BCUT2D eigenvalue weighted by molar-refractivity contribution is 5.51. The fourth-order valence-corrected chi connectivity index (χ4v) is 4.47. The minimum absolute atomic E-state index is 0.0483. The molecule has 0 aromatic heterocycles. The van der Waals surface area contributed by atoms with Crippen LogP contribution in [-0.2, 0) is 0 Å². The maximum absolute atomic E-state index is 14.8. The Hall–Kier alpha value is -1.44. The van der Waals surface area contributed by atoms with E-state index in [1.807, 2.05) is 11.0 Å². The third-order valence-electron chi connectivity index (χ3n) is 5.94. The number of piperidine rings is 2. The lowest BCUT2D eigenvalue weighted by atomic mass is 9.99.